The van der Waals surface area contributed by atoms with Crippen LogP contribution >= 0.6 is 11.6 Å². The van der Waals surface area contributed by atoms with Crippen molar-refractivity contribution in [3.05, 3.63) is 23.8 Å². The molecule has 0 atom stereocenters. The lowest BCUT2D eigenvalue weighted by Gasteiger charge is -2.32. The van der Waals surface area contributed by atoms with Crippen molar-refractivity contribution in [3.8, 4) is 5.75 Å². The number of nitrogens with zero attached hydrogens (tertiary/aromatic N) is 1. The fourth-order valence-corrected chi connectivity index (χ4v) is 2.68. The monoisotopic (exact) mass is 253 g/mol. The highest BCUT2D eigenvalue weighted by Crippen LogP contribution is 2.36. The molecule has 0 aromatic heterocycles. The van der Waals surface area contributed by atoms with Gasteiger partial charge in [-0.2, -0.15) is 0 Å². The number of fused-ring (bicyclic) bond motifs is 1. The Hall–Kier alpha value is -0.890. The maximum Gasteiger partial charge on any atom is 0.142 e. The average Bonchev–Trinajstić information content (AvgIpc) is 2.38. The van der Waals surface area contributed by atoms with Gasteiger partial charge in [0, 0.05) is 19.0 Å². The molecule has 0 unspecified atom stereocenters. The molecular formula is C14H20ClNO. The first kappa shape index (κ1) is 12.6. The van der Waals surface area contributed by atoms with Crippen LogP contribution in [0, 0.1) is 0 Å². The molecule has 1 aliphatic rings. The Morgan fingerprint density at radius 2 is 2.24 bits per heavy atom. The molecule has 1 aromatic carbocycles. The first-order valence-electron chi connectivity index (χ1n) is 6.33. The molecule has 94 valence electrons. The van der Waals surface area contributed by atoms with E-state index in [9.17, 15) is 0 Å². The van der Waals surface area contributed by atoms with Gasteiger partial charge in [-0.3, -0.25) is 0 Å². The van der Waals surface area contributed by atoms with E-state index in [1.807, 2.05) is 0 Å². The van der Waals surface area contributed by atoms with Crippen LogP contribution in [0.5, 0.6) is 5.75 Å². The van der Waals surface area contributed by atoms with Crippen LogP contribution in [0.4, 0.5) is 5.69 Å². The second-order valence-electron chi connectivity index (χ2n) is 4.45. The average molecular weight is 254 g/mol. The molecule has 0 saturated carbocycles. The van der Waals surface area contributed by atoms with E-state index >= 15 is 0 Å². The van der Waals surface area contributed by atoms with Gasteiger partial charge in [0.1, 0.15) is 5.75 Å². The second kappa shape index (κ2) is 6.15. The fraction of sp³-hybridized carbons (Fsp3) is 0.571. The Morgan fingerprint density at radius 1 is 1.35 bits per heavy atom. The number of para-hydroxylation sites is 1. The molecule has 0 aliphatic carbocycles. The van der Waals surface area contributed by atoms with Gasteiger partial charge >= 0.3 is 0 Å². The Kier molecular flexibility index (Phi) is 4.55. The summed E-state index contributed by atoms with van der Waals surface area (Å²) in [7, 11) is 1.75. The third-order valence-corrected chi connectivity index (χ3v) is 3.57. The molecule has 0 N–H and O–H groups in total. The summed E-state index contributed by atoms with van der Waals surface area (Å²) in [6, 6.07) is 6.35. The van der Waals surface area contributed by atoms with Gasteiger partial charge in [-0.25, -0.2) is 0 Å². The van der Waals surface area contributed by atoms with Crippen LogP contribution in [-0.4, -0.2) is 26.1 Å². The highest BCUT2D eigenvalue weighted by atomic mass is 35.5. The molecular weight excluding hydrogens is 234 g/mol. The number of anilines is 1. The Labute approximate surface area is 109 Å². The van der Waals surface area contributed by atoms with E-state index in [4.69, 9.17) is 16.3 Å². The van der Waals surface area contributed by atoms with Crippen LogP contribution in [0.25, 0.3) is 0 Å². The summed E-state index contributed by atoms with van der Waals surface area (Å²) in [6.07, 6.45) is 4.64. The van der Waals surface area contributed by atoms with Crippen molar-refractivity contribution in [2.24, 2.45) is 0 Å². The maximum atomic E-state index is 5.73. The topological polar surface area (TPSA) is 12.5 Å². The zero-order valence-corrected chi connectivity index (χ0v) is 11.2. The van der Waals surface area contributed by atoms with Crippen molar-refractivity contribution in [2.75, 3.05) is 31.0 Å². The minimum atomic E-state index is 0.757. The van der Waals surface area contributed by atoms with Crippen molar-refractivity contribution in [3.63, 3.8) is 0 Å². The van der Waals surface area contributed by atoms with Crippen molar-refractivity contribution in [2.45, 2.75) is 25.7 Å². The van der Waals surface area contributed by atoms with E-state index in [0.717, 1.165) is 37.6 Å². The standard InChI is InChI=1S/C14H20ClNO/c1-17-13-8-4-6-12-7-5-11-16(14(12)13)10-3-2-9-15/h4,6,8H,2-3,5,7,9-11H2,1H3. The Bertz CT molecular complexity index is 353. The molecule has 3 heteroatoms. The highest BCUT2D eigenvalue weighted by molar-refractivity contribution is 6.17. The molecule has 0 bridgehead atoms. The number of hydrogen-bond acceptors (Lipinski definition) is 2. The van der Waals surface area contributed by atoms with Crippen LogP contribution in [0.1, 0.15) is 24.8 Å². The molecule has 1 aliphatic heterocycles. The molecule has 1 heterocycles. The smallest absolute Gasteiger partial charge is 0.142 e. The first-order chi connectivity index (χ1) is 8.36. The van der Waals surface area contributed by atoms with Crippen molar-refractivity contribution in [1.82, 2.24) is 0 Å². The lowest BCUT2D eigenvalue weighted by molar-refractivity contribution is 0.412. The molecule has 0 amide bonds. The summed E-state index contributed by atoms with van der Waals surface area (Å²) in [5.74, 6) is 1.76. The molecule has 0 radical (unpaired) electrons. The second-order valence-corrected chi connectivity index (χ2v) is 4.83. The van der Waals surface area contributed by atoms with Gasteiger partial charge in [-0.15, -0.1) is 11.6 Å². The molecule has 2 rings (SSSR count). The summed E-state index contributed by atoms with van der Waals surface area (Å²) < 4.78 is 5.48. The molecule has 17 heavy (non-hydrogen) atoms. The molecule has 0 saturated heterocycles. The minimum absolute atomic E-state index is 0.757. The summed E-state index contributed by atoms with van der Waals surface area (Å²) in [6.45, 7) is 2.22. The van der Waals surface area contributed by atoms with Gasteiger partial charge < -0.3 is 9.64 Å². The first-order valence-corrected chi connectivity index (χ1v) is 6.87. The van der Waals surface area contributed by atoms with Crippen LogP contribution in [0.15, 0.2) is 18.2 Å². The number of aryl methyl sites for hydroxylation is 1. The number of benzene rings is 1. The minimum Gasteiger partial charge on any atom is -0.495 e. The largest absolute Gasteiger partial charge is 0.495 e. The molecule has 0 fully saturated rings. The van der Waals surface area contributed by atoms with E-state index in [-0.39, 0.29) is 0 Å². The number of methoxy groups -OCH3 is 1. The quantitative estimate of drug-likeness (QED) is 0.589. The summed E-state index contributed by atoms with van der Waals surface area (Å²) in [5.41, 5.74) is 2.72. The zero-order chi connectivity index (χ0) is 12.1. The summed E-state index contributed by atoms with van der Waals surface area (Å²) >= 11 is 5.73. The van der Waals surface area contributed by atoms with Gasteiger partial charge in [-0.05, 0) is 37.3 Å². The predicted octanol–water partition coefficient (Wildman–Crippen LogP) is 3.47. The number of unbranched alkanes of at least 4 members (excludes halogenated alkanes) is 1. The Morgan fingerprint density at radius 3 is 3.00 bits per heavy atom. The van der Waals surface area contributed by atoms with Gasteiger partial charge in [-0.1, -0.05) is 12.1 Å². The number of hydrogen-bond donors (Lipinski definition) is 0. The van der Waals surface area contributed by atoms with Crippen molar-refractivity contribution in [1.29, 1.82) is 0 Å². The molecule has 1 aromatic rings. The van der Waals surface area contributed by atoms with Gasteiger partial charge in [0.25, 0.3) is 0 Å². The third kappa shape index (κ3) is 2.86. The third-order valence-electron chi connectivity index (χ3n) is 3.30. The van der Waals surface area contributed by atoms with Crippen molar-refractivity contribution < 1.29 is 4.74 Å². The number of halogens is 1. The van der Waals surface area contributed by atoms with Crippen LogP contribution in [0.2, 0.25) is 0 Å². The summed E-state index contributed by atoms with van der Waals surface area (Å²) in [4.78, 5) is 2.45. The highest BCUT2D eigenvalue weighted by Gasteiger charge is 2.19. The zero-order valence-electron chi connectivity index (χ0n) is 10.4. The van der Waals surface area contributed by atoms with Crippen LogP contribution in [0.3, 0.4) is 0 Å². The molecule has 2 nitrogen and oxygen atoms in total. The van der Waals surface area contributed by atoms with Crippen molar-refractivity contribution >= 4 is 17.3 Å². The number of ether oxygens (including phenoxy) is 1. The van der Waals surface area contributed by atoms with Crippen LogP contribution in [-0.2, 0) is 6.42 Å². The van der Waals surface area contributed by atoms with E-state index in [1.165, 1.54) is 24.1 Å². The lowest BCUT2D eigenvalue weighted by Crippen LogP contribution is -2.30. The van der Waals surface area contributed by atoms with Gasteiger partial charge in [0.2, 0.25) is 0 Å². The van der Waals surface area contributed by atoms with E-state index in [0.29, 0.717) is 0 Å². The number of alkyl halides is 1. The SMILES string of the molecule is COc1cccc2c1N(CCCCCl)CCC2. The number of rotatable bonds is 5. The lowest BCUT2D eigenvalue weighted by atomic mass is 10.0. The van der Waals surface area contributed by atoms with Gasteiger partial charge in [0.05, 0.1) is 12.8 Å². The van der Waals surface area contributed by atoms with E-state index in [1.54, 1.807) is 7.11 Å². The molecule has 0 spiro atoms. The van der Waals surface area contributed by atoms with E-state index < -0.39 is 0 Å². The predicted molar refractivity (Wildman–Crippen MR) is 73.5 cm³/mol. The summed E-state index contributed by atoms with van der Waals surface area (Å²) in [5, 5.41) is 0. The maximum absolute atomic E-state index is 5.73. The van der Waals surface area contributed by atoms with Gasteiger partial charge in [0.15, 0.2) is 0 Å². The Balaban J connectivity index is 2.17. The van der Waals surface area contributed by atoms with Crippen LogP contribution < -0.4 is 9.64 Å². The normalized spacial score (nSPS) is 14.6. The van der Waals surface area contributed by atoms with E-state index in [2.05, 4.69) is 23.1 Å². The fourth-order valence-electron chi connectivity index (χ4n) is 2.49.